The maximum Gasteiger partial charge on any atom is 0.184 e. The quantitative estimate of drug-likeness (QED) is 0.216. The van der Waals surface area contributed by atoms with Crippen LogP contribution in [0.5, 0.6) is 0 Å². The molecule has 2 aromatic heterocycles. The van der Waals surface area contributed by atoms with Crippen molar-refractivity contribution in [1.29, 1.82) is 0 Å². The summed E-state index contributed by atoms with van der Waals surface area (Å²) >= 11 is 20.3. The van der Waals surface area contributed by atoms with Crippen molar-refractivity contribution in [3.8, 4) is 5.69 Å². The van der Waals surface area contributed by atoms with Crippen LogP contribution in [-0.2, 0) is 6.54 Å². The molecule has 9 heteroatoms. The Morgan fingerprint density at radius 1 is 1.25 bits per heavy atom. The predicted molar refractivity (Wildman–Crippen MR) is 122 cm³/mol. The van der Waals surface area contributed by atoms with Crippen molar-refractivity contribution in [2.45, 2.75) is 38.1 Å². The highest BCUT2D eigenvalue weighted by atomic mass is 35.5. The molecule has 3 aromatic rings. The van der Waals surface area contributed by atoms with Crippen molar-refractivity contribution in [3.63, 3.8) is 0 Å². The fourth-order valence-electron chi connectivity index (χ4n) is 2.96. The lowest BCUT2D eigenvalue weighted by atomic mass is 10.2. The van der Waals surface area contributed by atoms with Gasteiger partial charge < -0.3 is 4.57 Å². The maximum atomic E-state index is 12.7. The topological polar surface area (TPSA) is 39.8 Å². The molecule has 2 heterocycles. The molecule has 0 aliphatic carbocycles. The molecule has 0 N–H and O–H groups in total. The largest absolute Gasteiger partial charge is 0.348 e. The summed E-state index contributed by atoms with van der Waals surface area (Å²) in [5, 5.41) is 5.45. The minimum atomic E-state index is 0.0997. The second-order valence-corrected chi connectivity index (χ2v) is 9.95. The van der Waals surface area contributed by atoms with Crippen molar-refractivity contribution in [2.75, 3.05) is 5.75 Å². The molecule has 0 fully saturated rings. The summed E-state index contributed by atoms with van der Waals surface area (Å²) in [6, 6.07) is 7.22. The van der Waals surface area contributed by atoms with Gasteiger partial charge in [-0.25, -0.2) is 4.68 Å². The van der Waals surface area contributed by atoms with Crippen molar-refractivity contribution in [1.82, 2.24) is 14.3 Å². The molecule has 0 unspecified atom stereocenters. The molecule has 0 radical (unpaired) electrons. The third-order valence-electron chi connectivity index (χ3n) is 4.32. The lowest BCUT2D eigenvalue weighted by Crippen LogP contribution is -2.06. The van der Waals surface area contributed by atoms with Crippen molar-refractivity contribution in [2.24, 2.45) is 0 Å². The van der Waals surface area contributed by atoms with E-state index in [4.69, 9.17) is 35.4 Å². The van der Waals surface area contributed by atoms with Crippen LogP contribution in [0.3, 0.4) is 0 Å². The van der Waals surface area contributed by atoms with E-state index in [-0.39, 0.29) is 5.78 Å². The minimum absolute atomic E-state index is 0.0997. The van der Waals surface area contributed by atoms with Gasteiger partial charge in [-0.1, -0.05) is 53.2 Å². The molecule has 0 aliphatic rings. The fourth-order valence-corrected chi connectivity index (χ4v) is 5.49. The molecule has 148 valence electrons. The maximum absolute atomic E-state index is 12.7. The van der Waals surface area contributed by atoms with E-state index in [0.29, 0.717) is 19.8 Å². The molecule has 3 rings (SSSR count). The van der Waals surface area contributed by atoms with Crippen molar-refractivity contribution >= 4 is 64.3 Å². The Balaban J connectivity index is 1.75. The van der Waals surface area contributed by atoms with E-state index in [1.165, 1.54) is 23.1 Å². The summed E-state index contributed by atoms with van der Waals surface area (Å²) in [5.74, 6) is 0.419. The zero-order chi connectivity index (χ0) is 20.4. The number of halogens is 2. The second kappa shape index (κ2) is 9.13. The minimum Gasteiger partial charge on any atom is -0.348 e. The monoisotopic (exact) mass is 471 g/mol. The SMILES string of the molecule is CCCn1c(C)cc(C(=O)CSc2nn(-c3ccc(Cl)c(Cl)c3)c(=S)s2)c1C. The molecular formula is C19H19Cl2N3OS3. The Labute approximate surface area is 187 Å². The van der Waals surface area contributed by atoms with Crippen LogP contribution in [0, 0.1) is 17.8 Å². The molecule has 4 nitrogen and oxygen atoms in total. The number of ketones is 1. The average Bonchev–Trinajstić information content (AvgIpc) is 3.16. The highest BCUT2D eigenvalue weighted by Crippen LogP contribution is 2.28. The number of hydrogen-bond acceptors (Lipinski definition) is 5. The molecule has 28 heavy (non-hydrogen) atoms. The first-order valence-corrected chi connectivity index (χ1v) is 11.7. The first kappa shape index (κ1) is 21.6. The Bertz CT molecular complexity index is 1080. The second-order valence-electron chi connectivity index (χ2n) is 6.29. The number of thioether (sulfide) groups is 1. The standard InChI is InChI=1S/C19H19Cl2N3OS3/c1-4-7-23-11(2)8-14(12(23)3)17(25)10-27-18-22-24(19(26)28-18)13-5-6-15(20)16(21)9-13/h5-6,8-9H,4,7,10H2,1-3H3. The lowest BCUT2D eigenvalue weighted by molar-refractivity contribution is 0.102. The van der Waals surface area contributed by atoms with Gasteiger partial charge in [-0.05, 0) is 56.8 Å². The molecule has 0 amide bonds. The molecule has 0 spiro atoms. The normalized spacial score (nSPS) is 11.2. The fraction of sp³-hybridized carbons (Fsp3) is 0.316. The first-order valence-electron chi connectivity index (χ1n) is 8.70. The number of aryl methyl sites for hydroxylation is 1. The van der Waals surface area contributed by atoms with Gasteiger partial charge in [-0.15, -0.1) is 5.10 Å². The molecule has 0 atom stereocenters. The van der Waals surface area contributed by atoms with Gasteiger partial charge in [0.1, 0.15) is 0 Å². The Kier molecular flexibility index (Phi) is 7.04. The van der Waals surface area contributed by atoms with E-state index >= 15 is 0 Å². The number of carbonyl (C=O) groups is 1. The Morgan fingerprint density at radius 2 is 2.00 bits per heavy atom. The third-order valence-corrected chi connectivity index (χ3v) is 7.43. The highest BCUT2D eigenvalue weighted by Gasteiger charge is 2.17. The third kappa shape index (κ3) is 4.54. The van der Waals surface area contributed by atoms with E-state index in [2.05, 4.69) is 16.6 Å². The zero-order valence-electron chi connectivity index (χ0n) is 15.7. The molecule has 0 saturated heterocycles. The number of hydrogen-bond donors (Lipinski definition) is 0. The summed E-state index contributed by atoms with van der Waals surface area (Å²) in [6.45, 7) is 7.10. The Morgan fingerprint density at radius 3 is 2.68 bits per heavy atom. The van der Waals surface area contributed by atoms with E-state index < -0.39 is 0 Å². The van der Waals surface area contributed by atoms with E-state index in [1.807, 2.05) is 26.0 Å². The van der Waals surface area contributed by atoms with Crippen molar-refractivity contribution < 1.29 is 4.79 Å². The van der Waals surface area contributed by atoms with Gasteiger partial charge in [0.25, 0.3) is 0 Å². The lowest BCUT2D eigenvalue weighted by Gasteiger charge is -2.07. The van der Waals surface area contributed by atoms with Gasteiger partial charge in [0.2, 0.25) is 0 Å². The molecular weight excluding hydrogens is 453 g/mol. The van der Waals surface area contributed by atoms with Gasteiger partial charge in [-0.3, -0.25) is 4.79 Å². The molecule has 1 aromatic carbocycles. The van der Waals surface area contributed by atoms with Crippen molar-refractivity contribution in [3.05, 3.63) is 55.2 Å². The molecule has 0 bridgehead atoms. The summed E-state index contributed by atoms with van der Waals surface area (Å²) in [6.07, 6.45) is 1.04. The van der Waals surface area contributed by atoms with Crippen LogP contribution in [0.25, 0.3) is 5.69 Å². The van der Waals surface area contributed by atoms with Gasteiger partial charge >= 0.3 is 0 Å². The number of carbonyl (C=O) groups excluding carboxylic acids is 1. The van der Waals surface area contributed by atoms with Crippen LogP contribution >= 0.6 is 58.5 Å². The summed E-state index contributed by atoms with van der Waals surface area (Å²) < 4.78 is 5.17. The van der Waals surface area contributed by atoms with Crippen LogP contribution in [0.1, 0.15) is 35.1 Å². The number of benzene rings is 1. The van der Waals surface area contributed by atoms with Crippen LogP contribution in [0.2, 0.25) is 10.0 Å². The first-order chi connectivity index (χ1) is 13.3. The van der Waals surface area contributed by atoms with Gasteiger partial charge in [0, 0.05) is 23.5 Å². The van der Waals surface area contributed by atoms with Crippen LogP contribution in [0.4, 0.5) is 0 Å². The van der Waals surface area contributed by atoms with E-state index in [9.17, 15) is 4.79 Å². The zero-order valence-corrected chi connectivity index (χ0v) is 19.6. The Hall–Kier alpha value is -1.12. The smallest absolute Gasteiger partial charge is 0.184 e. The van der Waals surface area contributed by atoms with Gasteiger partial charge in [-0.2, -0.15) is 0 Å². The summed E-state index contributed by atoms with van der Waals surface area (Å²) in [5.41, 5.74) is 3.68. The van der Waals surface area contributed by atoms with E-state index in [1.54, 1.807) is 16.8 Å². The number of Topliss-reactive ketones (excluding diaryl/α,β-unsaturated/α-hetero) is 1. The predicted octanol–water partition coefficient (Wildman–Crippen LogP) is 6.77. The van der Waals surface area contributed by atoms with E-state index in [0.717, 1.165) is 39.9 Å². The van der Waals surface area contributed by atoms with Gasteiger partial charge in [0.05, 0.1) is 21.5 Å². The highest BCUT2D eigenvalue weighted by molar-refractivity contribution is 8.01. The van der Waals surface area contributed by atoms with Crippen LogP contribution in [-0.4, -0.2) is 25.9 Å². The summed E-state index contributed by atoms with van der Waals surface area (Å²) in [7, 11) is 0. The summed E-state index contributed by atoms with van der Waals surface area (Å²) in [4.78, 5) is 12.7. The van der Waals surface area contributed by atoms with Gasteiger partial charge in [0.15, 0.2) is 14.1 Å². The molecule has 0 aliphatic heterocycles. The molecule has 0 saturated carbocycles. The number of nitrogens with zero attached hydrogens (tertiary/aromatic N) is 3. The number of rotatable bonds is 7. The van der Waals surface area contributed by atoms with Crippen LogP contribution in [0.15, 0.2) is 28.6 Å². The average molecular weight is 472 g/mol. The van der Waals surface area contributed by atoms with Crippen LogP contribution < -0.4 is 0 Å². The number of aromatic nitrogens is 3.